The highest BCUT2D eigenvalue weighted by atomic mass is 35.5. The SMILES string of the molecule is N#Cc1cc(F)ccc1NC(=O)NCCOc1cccc(Cl)c1. The Morgan fingerprint density at radius 2 is 2.13 bits per heavy atom. The fraction of sp³-hybridized carbons (Fsp3) is 0.125. The number of nitrogens with one attached hydrogen (secondary N) is 2. The van der Waals surface area contributed by atoms with Crippen molar-refractivity contribution >= 4 is 23.3 Å². The summed E-state index contributed by atoms with van der Waals surface area (Å²) < 4.78 is 18.4. The number of urea groups is 1. The third kappa shape index (κ3) is 5.16. The summed E-state index contributed by atoms with van der Waals surface area (Å²) in [5, 5.41) is 14.5. The van der Waals surface area contributed by atoms with Gasteiger partial charge in [0, 0.05) is 5.02 Å². The molecule has 23 heavy (non-hydrogen) atoms. The van der Waals surface area contributed by atoms with Crippen molar-refractivity contribution in [3.05, 3.63) is 58.9 Å². The van der Waals surface area contributed by atoms with Crippen LogP contribution in [0, 0.1) is 17.1 Å². The van der Waals surface area contributed by atoms with Gasteiger partial charge in [0.2, 0.25) is 0 Å². The van der Waals surface area contributed by atoms with Gasteiger partial charge in [-0.25, -0.2) is 9.18 Å². The van der Waals surface area contributed by atoms with Crippen LogP contribution >= 0.6 is 11.6 Å². The second-order valence-electron chi connectivity index (χ2n) is 4.49. The molecule has 0 aliphatic carbocycles. The summed E-state index contributed by atoms with van der Waals surface area (Å²) in [6.45, 7) is 0.504. The molecule has 5 nitrogen and oxygen atoms in total. The number of hydrogen-bond donors (Lipinski definition) is 2. The maximum atomic E-state index is 13.0. The van der Waals surface area contributed by atoms with Gasteiger partial charge in [-0.05, 0) is 36.4 Å². The highest BCUT2D eigenvalue weighted by Gasteiger charge is 2.07. The number of carbonyl (C=O) groups is 1. The molecule has 2 rings (SSSR count). The highest BCUT2D eigenvalue weighted by molar-refractivity contribution is 6.30. The molecular formula is C16H13ClFN3O2. The summed E-state index contributed by atoms with van der Waals surface area (Å²) >= 11 is 5.83. The largest absolute Gasteiger partial charge is 0.492 e. The lowest BCUT2D eigenvalue weighted by atomic mass is 10.2. The molecule has 118 valence electrons. The quantitative estimate of drug-likeness (QED) is 0.822. The van der Waals surface area contributed by atoms with Gasteiger partial charge in [0.25, 0.3) is 0 Å². The molecule has 0 saturated heterocycles. The van der Waals surface area contributed by atoms with Gasteiger partial charge in [0.15, 0.2) is 0 Å². The number of benzene rings is 2. The number of nitrogens with zero attached hydrogens (tertiary/aromatic N) is 1. The van der Waals surface area contributed by atoms with Crippen LogP contribution in [0.3, 0.4) is 0 Å². The fourth-order valence-corrected chi connectivity index (χ4v) is 1.95. The van der Waals surface area contributed by atoms with Crippen LogP contribution in [0.2, 0.25) is 5.02 Å². The van der Waals surface area contributed by atoms with Crippen LogP contribution in [0.15, 0.2) is 42.5 Å². The van der Waals surface area contributed by atoms with E-state index >= 15 is 0 Å². The molecule has 0 fully saturated rings. The molecule has 7 heteroatoms. The number of anilines is 1. The zero-order chi connectivity index (χ0) is 16.7. The van der Waals surface area contributed by atoms with Gasteiger partial charge in [0.1, 0.15) is 24.2 Å². The van der Waals surface area contributed by atoms with Gasteiger partial charge in [-0.15, -0.1) is 0 Å². The Kier molecular flexibility index (Phi) is 5.78. The minimum absolute atomic E-state index is 0.0512. The molecule has 2 aromatic carbocycles. The summed E-state index contributed by atoms with van der Waals surface area (Å²) in [4.78, 5) is 11.7. The van der Waals surface area contributed by atoms with E-state index in [4.69, 9.17) is 21.6 Å². The van der Waals surface area contributed by atoms with Gasteiger partial charge in [-0.2, -0.15) is 5.26 Å². The van der Waals surface area contributed by atoms with Gasteiger partial charge in [-0.3, -0.25) is 0 Å². The van der Waals surface area contributed by atoms with Crippen molar-refractivity contribution in [1.82, 2.24) is 5.32 Å². The van der Waals surface area contributed by atoms with E-state index in [9.17, 15) is 9.18 Å². The molecule has 0 aromatic heterocycles. The predicted octanol–water partition coefficient (Wildman–Crippen LogP) is 3.55. The van der Waals surface area contributed by atoms with Crippen LogP contribution in [0.25, 0.3) is 0 Å². The lowest BCUT2D eigenvalue weighted by Crippen LogP contribution is -2.32. The predicted molar refractivity (Wildman–Crippen MR) is 85.1 cm³/mol. The topological polar surface area (TPSA) is 74.2 Å². The average Bonchev–Trinajstić information content (AvgIpc) is 2.53. The molecule has 0 bridgehead atoms. The van der Waals surface area contributed by atoms with Gasteiger partial charge in [-0.1, -0.05) is 17.7 Å². The molecule has 0 atom stereocenters. The number of amides is 2. The van der Waals surface area contributed by atoms with Crippen LogP contribution in [-0.2, 0) is 0 Å². The van der Waals surface area contributed by atoms with Crippen LogP contribution in [0.1, 0.15) is 5.56 Å². The Morgan fingerprint density at radius 1 is 1.30 bits per heavy atom. The molecule has 2 N–H and O–H groups in total. The van der Waals surface area contributed by atoms with Crippen molar-refractivity contribution in [3.63, 3.8) is 0 Å². The number of carbonyl (C=O) groups excluding carboxylic acids is 1. The molecule has 0 unspecified atom stereocenters. The molecule has 2 amide bonds. The van der Waals surface area contributed by atoms with Crippen LogP contribution in [0.4, 0.5) is 14.9 Å². The molecule has 0 heterocycles. The van der Waals surface area contributed by atoms with Crippen LogP contribution in [-0.4, -0.2) is 19.2 Å². The van der Waals surface area contributed by atoms with Crippen LogP contribution in [0.5, 0.6) is 5.75 Å². The van der Waals surface area contributed by atoms with Gasteiger partial charge < -0.3 is 15.4 Å². The number of nitriles is 1. The maximum absolute atomic E-state index is 13.0. The summed E-state index contributed by atoms with van der Waals surface area (Å²) in [5.74, 6) is 0.0624. The average molecular weight is 334 g/mol. The van der Waals surface area contributed by atoms with E-state index in [0.29, 0.717) is 10.8 Å². The van der Waals surface area contributed by atoms with E-state index in [1.807, 2.05) is 6.07 Å². The molecule has 0 aliphatic rings. The summed E-state index contributed by atoms with van der Waals surface area (Å²) in [5.41, 5.74) is 0.289. The number of ether oxygens (including phenoxy) is 1. The Balaban J connectivity index is 1.79. The zero-order valence-electron chi connectivity index (χ0n) is 12.0. The molecule has 0 spiro atoms. The molecule has 0 saturated carbocycles. The highest BCUT2D eigenvalue weighted by Crippen LogP contribution is 2.17. The number of halogens is 2. The van der Waals surface area contributed by atoms with Crippen molar-refractivity contribution < 1.29 is 13.9 Å². The summed E-state index contributed by atoms with van der Waals surface area (Å²) in [6, 6.07) is 11.8. The maximum Gasteiger partial charge on any atom is 0.319 e. The Labute approximate surface area is 137 Å². The minimum Gasteiger partial charge on any atom is -0.492 e. The first-order valence-corrected chi connectivity index (χ1v) is 7.09. The van der Waals surface area contributed by atoms with Crippen LogP contribution < -0.4 is 15.4 Å². The van der Waals surface area contributed by atoms with E-state index in [-0.39, 0.29) is 24.4 Å². The second-order valence-corrected chi connectivity index (χ2v) is 4.92. The minimum atomic E-state index is -0.539. The van der Waals surface area contributed by atoms with Crippen molar-refractivity contribution in [2.75, 3.05) is 18.5 Å². The summed E-state index contributed by atoms with van der Waals surface area (Å²) in [6.07, 6.45) is 0. The molecule has 2 aromatic rings. The smallest absolute Gasteiger partial charge is 0.319 e. The third-order valence-electron chi connectivity index (χ3n) is 2.80. The monoisotopic (exact) mass is 333 g/mol. The fourth-order valence-electron chi connectivity index (χ4n) is 1.77. The van der Waals surface area contributed by atoms with E-state index in [1.165, 1.54) is 12.1 Å². The van der Waals surface area contributed by atoms with Crippen molar-refractivity contribution in [2.45, 2.75) is 0 Å². The van der Waals surface area contributed by atoms with E-state index < -0.39 is 11.8 Å². The molecular weight excluding hydrogens is 321 g/mol. The van der Waals surface area contributed by atoms with E-state index in [0.717, 1.165) is 6.07 Å². The van der Waals surface area contributed by atoms with Crippen molar-refractivity contribution in [1.29, 1.82) is 5.26 Å². The standard InChI is InChI=1S/C16H13ClFN3O2/c17-12-2-1-3-14(9-12)23-7-6-20-16(22)21-15-5-4-13(18)8-11(15)10-19/h1-5,8-9H,6-7H2,(H2,20,21,22). The van der Waals surface area contributed by atoms with Crippen molar-refractivity contribution in [2.24, 2.45) is 0 Å². The first-order valence-electron chi connectivity index (χ1n) is 6.71. The first-order chi connectivity index (χ1) is 11.1. The molecule has 0 radical (unpaired) electrons. The normalized spacial score (nSPS) is 9.78. The lowest BCUT2D eigenvalue weighted by Gasteiger charge is -2.10. The van der Waals surface area contributed by atoms with E-state index in [1.54, 1.807) is 24.3 Å². The molecule has 0 aliphatic heterocycles. The third-order valence-corrected chi connectivity index (χ3v) is 3.04. The lowest BCUT2D eigenvalue weighted by molar-refractivity contribution is 0.247. The Hall–Kier alpha value is -2.78. The number of rotatable bonds is 5. The van der Waals surface area contributed by atoms with E-state index in [2.05, 4.69) is 10.6 Å². The number of hydrogen-bond acceptors (Lipinski definition) is 3. The van der Waals surface area contributed by atoms with Crippen molar-refractivity contribution in [3.8, 4) is 11.8 Å². The second kappa shape index (κ2) is 8.01. The van der Waals surface area contributed by atoms with Gasteiger partial charge in [0.05, 0.1) is 17.8 Å². The summed E-state index contributed by atoms with van der Waals surface area (Å²) in [7, 11) is 0. The Morgan fingerprint density at radius 3 is 2.87 bits per heavy atom. The first kappa shape index (κ1) is 16.6. The Bertz CT molecular complexity index is 746. The van der Waals surface area contributed by atoms with Gasteiger partial charge >= 0.3 is 6.03 Å². The zero-order valence-corrected chi connectivity index (χ0v) is 12.7.